The van der Waals surface area contributed by atoms with Crippen LogP contribution in [0, 0.1) is 0 Å². The van der Waals surface area contributed by atoms with E-state index in [9.17, 15) is 5.11 Å². The highest BCUT2D eigenvalue weighted by Gasteiger charge is 2.33. The summed E-state index contributed by atoms with van der Waals surface area (Å²) in [5.41, 5.74) is 8.28. The molecule has 0 radical (unpaired) electrons. The van der Waals surface area contributed by atoms with Crippen molar-refractivity contribution in [3.63, 3.8) is 0 Å². The number of nitrogens with one attached hydrogen (secondary N) is 1. The number of phenolic OH excluding ortho intramolecular Hbond substituents is 1. The van der Waals surface area contributed by atoms with Crippen molar-refractivity contribution in [3.8, 4) is 17.0 Å². The molecule has 4 rings (SSSR count). The molecule has 0 amide bonds. The highest BCUT2D eigenvalue weighted by molar-refractivity contribution is 5.74. The minimum Gasteiger partial charge on any atom is -0.507 e. The first-order chi connectivity index (χ1) is 10.7. The van der Waals surface area contributed by atoms with E-state index < -0.39 is 0 Å². The summed E-state index contributed by atoms with van der Waals surface area (Å²) in [7, 11) is 0. The number of piperazine rings is 1. The van der Waals surface area contributed by atoms with Crippen molar-refractivity contribution in [2.75, 3.05) is 23.7 Å². The van der Waals surface area contributed by atoms with Gasteiger partial charge >= 0.3 is 0 Å². The summed E-state index contributed by atoms with van der Waals surface area (Å²) in [6.07, 6.45) is 2.43. The van der Waals surface area contributed by atoms with Crippen molar-refractivity contribution in [3.05, 3.63) is 30.3 Å². The van der Waals surface area contributed by atoms with Crippen molar-refractivity contribution >= 4 is 11.5 Å². The monoisotopic (exact) mass is 297 g/mol. The molecule has 1 aromatic heterocycles. The molecule has 2 aromatic rings. The number of aromatic hydroxyl groups is 1. The van der Waals surface area contributed by atoms with Gasteiger partial charge in [0.1, 0.15) is 5.75 Å². The molecule has 2 aliphatic heterocycles. The molecule has 2 fully saturated rings. The first-order valence-corrected chi connectivity index (χ1v) is 7.63. The molecule has 6 nitrogen and oxygen atoms in total. The Hall–Kier alpha value is -2.34. The van der Waals surface area contributed by atoms with Crippen LogP contribution in [-0.4, -0.2) is 40.5 Å². The summed E-state index contributed by atoms with van der Waals surface area (Å²) >= 11 is 0. The third-order valence-electron chi connectivity index (χ3n) is 4.54. The van der Waals surface area contributed by atoms with Crippen LogP contribution in [0.1, 0.15) is 12.8 Å². The lowest BCUT2D eigenvalue weighted by Crippen LogP contribution is -2.51. The third-order valence-corrected chi connectivity index (χ3v) is 4.54. The quantitative estimate of drug-likeness (QED) is 0.776. The van der Waals surface area contributed by atoms with Crippen LogP contribution in [0.3, 0.4) is 0 Å². The van der Waals surface area contributed by atoms with Crippen LogP contribution < -0.4 is 16.0 Å². The fraction of sp³-hybridized carbons (Fsp3) is 0.375. The van der Waals surface area contributed by atoms with Gasteiger partial charge in [-0.15, -0.1) is 10.2 Å². The number of nitrogens with two attached hydrogens (primary N) is 1. The Morgan fingerprint density at radius 3 is 2.59 bits per heavy atom. The normalized spacial score (nSPS) is 23.7. The van der Waals surface area contributed by atoms with Crippen LogP contribution >= 0.6 is 0 Å². The maximum absolute atomic E-state index is 10.0. The maximum Gasteiger partial charge on any atom is 0.169 e. The largest absolute Gasteiger partial charge is 0.507 e. The van der Waals surface area contributed by atoms with Crippen molar-refractivity contribution < 1.29 is 5.11 Å². The molecule has 114 valence electrons. The fourth-order valence-electron chi connectivity index (χ4n) is 3.46. The van der Waals surface area contributed by atoms with E-state index in [1.54, 1.807) is 12.1 Å². The van der Waals surface area contributed by atoms with Crippen LogP contribution in [0.2, 0.25) is 0 Å². The lowest BCUT2D eigenvalue weighted by Gasteiger charge is -2.34. The Morgan fingerprint density at radius 1 is 1.14 bits per heavy atom. The number of fused-ring (bicyclic) bond motifs is 2. The van der Waals surface area contributed by atoms with Crippen molar-refractivity contribution in [2.24, 2.45) is 0 Å². The third kappa shape index (κ3) is 2.25. The summed E-state index contributed by atoms with van der Waals surface area (Å²) in [6.45, 7) is 1.87. The first-order valence-electron chi connectivity index (χ1n) is 7.63. The number of phenols is 1. The van der Waals surface area contributed by atoms with Gasteiger partial charge in [0.2, 0.25) is 0 Å². The van der Waals surface area contributed by atoms with Gasteiger partial charge in [0.25, 0.3) is 0 Å². The summed E-state index contributed by atoms with van der Waals surface area (Å²) in [4.78, 5) is 2.28. The first kappa shape index (κ1) is 13.3. The van der Waals surface area contributed by atoms with Gasteiger partial charge in [-0.1, -0.05) is 12.1 Å². The van der Waals surface area contributed by atoms with E-state index in [-0.39, 0.29) is 5.75 Å². The smallest absolute Gasteiger partial charge is 0.169 e. The molecule has 2 atom stereocenters. The van der Waals surface area contributed by atoms with Crippen molar-refractivity contribution in [1.29, 1.82) is 0 Å². The Morgan fingerprint density at radius 2 is 1.86 bits per heavy atom. The lowest BCUT2D eigenvalue weighted by atomic mass is 10.1. The highest BCUT2D eigenvalue weighted by atomic mass is 16.3. The van der Waals surface area contributed by atoms with Gasteiger partial charge in [0.05, 0.1) is 11.4 Å². The number of anilines is 2. The number of hydrogen-bond acceptors (Lipinski definition) is 6. The van der Waals surface area contributed by atoms with E-state index in [2.05, 4.69) is 20.4 Å². The molecule has 2 saturated heterocycles. The molecular formula is C16H19N5O. The average molecular weight is 297 g/mol. The molecule has 1 unspecified atom stereocenters. The maximum atomic E-state index is 10.0. The van der Waals surface area contributed by atoms with Crippen LogP contribution in [0.25, 0.3) is 11.3 Å². The molecule has 0 saturated carbocycles. The standard InChI is InChI=1S/C16H19N5O/c17-16-14(21-8-10-5-6-11(9-21)18-10)7-13(19-20-16)12-3-1-2-4-15(12)22/h1-4,7,10-11,18,22H,5-6,8-9H2,(H2,17,20)/t10-,11?/m1/s1. The minimum absolute atomic E-state index is 0.202. The van der Waals surface area contributed by atoms with E-state index in [4.69, 9.17) is 5.73 Å². The molecular weight excluding hydrogens is 278 g/mol. The molecule has 1 aromatic carbocycles. The average Bonchev–Trinajstić information content (AvgIpc) is 2.87. The minimum atomic E-state index is 0.202. The zero-order chi connectivity index (χ0) is 15.1. The molecule has 4 N–H and O–H groups in total. The number of para-hydroxylation sites is 1. The second-order valence-electron chi connectivity index (χ2n) is 6.06. The number of aromatic nitrogens is 2. The van der Waals surface area contributed by atoms with E-state index in [0.29, 0.717) is 29.2 Å². The van der Waals surface area contributed by atoms with E-state index >= 15 is 0 Å². The second-order valence-corrected chi connectivity index (χ2v) is 6.06. The zero-order valence-electron chi connectivity index (χ0n) is 12.2. The Balaban J connectivity index is 1.71. The molecule has 3 heterocycles. The van der Waals surface area contributed by atoms with Crippen LogP contribution in [-0.2, 0) is 0 Å². The van der Waals surface area contributed by atoms with Gasteiger partial charge in [-0.05, 0) is 31.0 Å². The lowest BCUT2D eigenvalue weighted by molar-refractivity contribution is 0.465. The summed E-state index contributed by atoms with van der Waals surface area (Å²) in [5.74, 6) is 0.647. The summed E-state index contributed by atoms with van der Waals surface area (Å²) < 4.78 is 0. The van der Waals surface area contributed by atoms with Crippen molar-refractivity contribution in [1.82, 2.24) is 15.5 Å². The van der Waals surface area contributed by atoms with Gasteiger partial charge in [-0.25, -0.2) is 0 Å². The molecule has 0 spiro atoms. The van der Waals surface area contributed by atoms with Gasteiger partial charge < -0.3 is 21.1 Å². The topological polar surface area (TPSA) is 87.3 Å². The second kappa shape index (κ2) is 5.14. The molecule has 0 aliphatic carbocycles. The van der Waals surface area contributed by atoms with Gasteiger partial charge in [-0.3, -0.25) is 0 Å². The highest BCUT2D eigenvalue weighted by Crippen LogP contribution is 2.33. The predicted octanol–water partition coefficient (Wildman–Crippen LogP) is 1.37. The summed E-state index contributed by atoms with van der Waals surface area (Å²) in [5, 5.41) is 21.9. The summed E-state index contributed by atoms with van der Waals surface area (Å²) in [6, 6.07) is 10.1. The SMILES string of the molecule is Nc1nnc(-c2ccccc2O)cc1N1CC2CC[C@H](C1)N2. The van der Waals surface area contributed by atoms with E-state index in [1.165, 1.54) is 12.8 Å². The molecule has 2 bridgehead atoms. The van der Waals surface area contributed by atoms with Gasteiger partial charge in [0, 0.05) is 30.7 Å². The number of nitrogen functional groups attached to an aromatic ring is 1. The number of benzene rings is 1. The van der Waals surface area contributed by atoms with E-state index in [0.717, 1.165) is 18.8 Å². The Bertz CT molecular complexity index is 693. The van der Waals surface area contributed by atoms with Crippen LogP contribution in [0.5, 0.6) is 5.75 Å². The molecule has 22 heavy (non-hydrogen) atoms. The van der Waals surface area contributed by atoms with Gasteiger partial charge in [0.15, 0.2) is 5.82 Å². The van der Waals surface area contributed by atoms with Gasteiger partial charge in [-0.2, -0.15) is 0 Å². The van der Waals surface area contributed by atoms with E-state index in [1.807, 2.05) is 18.2 Å². The van der Waals surface area contributed by atoms with Crippen LogP contribution in [0.15, 0.2) is 30.3 Å². The van der Waals surface area contributed by atoms with Crippen molar-refractivity contribution in [2.45, 2.75) is 24.9 Å². The molecule has 2 aliphatic rings. The Kier molecular flexibility index (Phi) is 3.11. The number of hydrogen-bond donors (Lipinski definition) is 3. The fourth-order valence-corrected chi connectivity index (χ4v) is 3.46. The zero-order valence-corrected chi connectivity index (χ0v) is 12.2. The van der Waals surface area contributed by atoms with Crippen LogP contribution in [0.4, 0.5) is 11.5 Å². The number of nitrogens with zero attached hydrogens (tertiary/aromatic N) is 3. The number of rotatable bonds is 2. The predicted molar refractivity (Wildman–Crippen MR) is 85.7 cm³/mol. The Labute approximate surface area is 129 Å². The molecule has 6 heteroatoms.